The third-order valence-electron chi connectivity index (χ3n) is 3.60. The SMILES string of the molecule is [C-]#[O+].[C-]#[O+].[CH]1[CH][CH][CH][CH]1.[W].c1ccc(P(c2ccccc2)c2ccccc2)cc1. The Labute approximate surface area is 190 Å². The summed E-state index contributed by atoms with van der Waals surface area (Å²) in [5.74, 6) is 0. The third-order valence-corrected chi connectivity index (χ3v) is 6.04. The first-order chi connectivity index (χ1) is 13.9. The van der Waals surface area contributed by atoms with E-state index in [9.17, 15) is 0 Å². The van der Waals surface area contributed by atoms with Gasteiger partial charge in [0.05, 0.1) is 0 Å². The molecule has 1 fully saturated rings. The van der Waals surface area contributed by atoms with E-state index < -0.39 is 7.92 Å². The van der Waals surface area contributed by atoms with Crippen LogP contribution in [0.15, 0.2) is 91.0 Å². The van der Waals surface area contributed by atoms with E-state index in [4.69, 9.17) is 9.30 Å². The van der Waals surface area contributed by atoms with Crippen molar-refractivity contribution in [1.82, 2.24) is 0 Å². The molecule has 0 N–H and O–H groups in total. The van der Waals surface area contributed by atoms with Crippen molar-refractivity contribution in [2.24, 2.45) is 0 Å². The van der Waals surface area contributed by atoms with Crippen molar-refractivity contribution in [3.63, 3.8) is 0 Å². The van der Waals surface area contributed by atoms with Crippen LogP contribution in [0.5, 0.6) is 0 Å². The summed E-state index contributed by atoms with van der Waals surface area (Å²) in [7, 11) is -0.446. The minimum atomic E-state index is -0.446. The summed E-state index contributed by atoms with van der Waals surface area (Å²) in [5.41, 5.74) is 0. The van der Waals surface area contributed by atoms with Gasteiger partial charge in [0.2, 0.25) is 0 Å². The molecule has 0 spiro atoms. The summed E-state index contributed by atoms with van der Waals surface area (Å²) in [5, 5.41) is 4.19. The monoisotopic (exact) mass is 567 g/mol. The van der Waals surface area contributed by atoms with E-state index >= 15 is 0 Å². The van der Waals surface area contributed by atoms with Gasteiger partial charge < -0.3 is 0 Å². The Kier molecular flexibility index (Phi) is 17.2. The second kappa shape index (κ2) is 18.3. The molecule has 3 aromatic carbocycles. The second-order valence-electron chi connectivity index (χ2n) is 5.30. The maximum Gasteiger partial charge on any atom is 0 e. The molecule has 3 aromatic rings. The van der Waals surface area contributed by atoms with Gasteiger partial charge in [0, 0.05) is 21.1 Å². The first-order valence-electron chi connectivity index (χ1n) is 8.48. The smallest absolute Gasteiger partial charge is 0 e. The third kappa shape index (κ3) is 10.0. The number of hydrogen-bond donors (Lipinski definition) is 0. The summed E-state index contributed by atoms with van der Waals surface area (Å²) in [6.45, 7) is 9.00. The van der Waals surface area contributed by atoms with Gasteiger partial charge in [-0.25, -0.2) is 0 Å². The van der Waals surface area contributed by atoms with Gasteiger partial charge in [0.15, 0.2) is 0 Å². The molecule has 1 aliphatic carbocycles. The molecular weight excluding hydrogens is 547 g/mol. The minimum absolute atomic E-state index is 0. The van der Waals surface area contributed by atoms with Gasteiger partial charge >= 0.3 is 22.6 Å². The molecule has 0 heterocycles. The van der Waals surface area contributed by atoms with Crippen LogP contribution in [0, 0.1) is 45.4 Å². The zero-order valence-electron chi connectivity index (χ0n) is 15.7. The van der Waals surface area contributed by atoms with Crippen molar-refractivity contribution in [3.05, 3.63) is 136 Å². The van der Waals surface area contributed by atoms with Gasteiger partial charge in [0.25, 0.3) is 0 Å². The number of rotatable bonds is 3. The van der Waals surface area contributed by atoms with Crippen molar-refractivity contribution in [2.75, 3.05) is 0 Å². The maximum atomic E-state index is 7.50. The molecule has 0 saturated heterocycles. The van der Waals surface area contributed by atoms with E-state index in [1.807, 2.05) is 32.1 Å². The van der Waals surface area contributed by atoms with Gasteiger partial charge in [0.1, 0.15) is 0 Å². The molecule has 0 aromatic heterocycles. The van der Waals surface area contributed by atoms with Gasteiger partial charge in [-0.2, -0.15) is 0 Å². The largest absolute Gasteiger partial charge is 0.0622 e. The van der Waals surface area contributed by atoms with Crippen molar-refractivity contribution in [1.29, 1.82) is 0 Å². The molecule has 1 aliphatic rings. The minimum Gasteiger partial charge on any atom is -0.0622 e. The van der Waals surface area contributed by atoms with Crippen LogP contribution in [0.2, 0.25) is 0 Å². The van der Waals surface area contributed by atoms with Crippen LogP contribution in [0.3, 0.4) is 0 Å². The van der Waals surface area contributed by atoms with Gasteiger partial charge in [-0.3, -0.25) is 0 Å². The molecule has 0 unspecified atom stereocenters. The normalized spacial score (nSPS) is 11.2. The van der Waals surface area contributed by atoms with Crippen LogP contribution >= 0.6 is 7.92 Å². The summed E-state index contributed by atoms with van der Waals surface area (Å²) in [4.78, 5) is 0. The van der Waals surface area contributed by atoms with Crippen LogP contribution in [-0.4, -0.2) is 0 Å². The Hall–Kier alpha value is -1.74. The molecule has 0 bridgehead atoms. The maximum absolute atomic E-state index is 7.50. The average molecular weight is 567 g/mol. The Morgan fingerprint density at radius 3 is 0.828 bits per heavy atom. The van der Waals surface area contributed by atoms with Gasteiger partial charge in [-0.05, 0) is 55.9 Å². The second-order valence-corrected chi connectivity index (χ2v) is 7.52. The van der Waals surface area contributed by atoms with Crippen LogP contribution in [0.25, 0.3) is 0 Å². The van der Waals surface area contributed by atoms with Crippen LogP contribution in [0.1, 0.15) is 0 Å². The molecule has 0 aliphatic heterocycles. The number of hydrogen-bond acceptors (Lipinski definition) is 0. The molecule has 1 saturated carbocycles. The van der Waals surface area contributed by atoms with E-state index in [-0.39, 0.29) is 21.1 Å². The molecule has 0 atom stereocenters. The zero-order valence-corrected chi connectivity index (χ0v) is 19.5. The van der Waals surface area contributed by atoms with Crippen molar-refractivity contribution >= 4 is 23.8 Å². The quantitative estimate of drug-likeness (QED) is 0.256. The van der Waals surface area contributed by atoms with E-state index in [0.29, 0.717) is 0 Å². The van der Waals surface area contributed by atoms with Gasteiger partial charge in [-0.1, -0.05) is 91.0 Å². The molecule has 5 radical (unpaired) electrons. The molecule has 4 heteroatoms. The Morgan fingerprint density at radius 2 is 0.621 bits per heavy atom. The van der Waals surface area contributed by atoms with Crippen molar-refractivity contribution in [2.45, 2.75) is 0 Å². The average Bonchev–Trinajstić information content (AvgIpc) is 3.39. The van der Waals surface area contributed by atoms with Crippen LogP contribution in [-0.2, 0) is 30.4 Å². The molecular formula is C25H20O2PW. The first kappa shape index (κ1) is 27.3. The fraction of sp³-hybridized carbons (Fsp3) is 0. The molecule has 4 rings (SSSR count). The Bertz CT molecular complexity index is 678. The molecule has 0 amide bonds. The predicted molar refractivity (Wildman–Crippen MR) is 115 cm³/mol. The Balaban J connectivity index is 0.000000667. The van der Waals surface area contributed by atoms with Crippen molar-refractivity contribution in [3.8, 4) is 0 Å². The topological polar surface area (TPSA) is 39.8 Å². The van der Waals surface area contributed by atoms with Crippen LogP contribution < -0.4 is 15.9 Å². The van der Waals surface area contributed by atoms with E-state index in [0.717, 1.165) is 0 Å². The molecule has 29 heavy (non-hydrogen) atoms. The summed E-state index contributed by atoms with van der Waals surface area (Å²) >= 11 is 0. The van der Waals surface area contributed by atoms with E-state index in [1.165, 1.54) is 15.9 Å². The zero-order chi connectivity index (χ0) is 20.5. The summed E-state index contributed by atoms with van der Waals surface area (Å²) in [6, 6.07) is 32.3. The van der Waals surface area contributed by atoms with Gasteiger partial charge in [-0.15, -0.1) is 0 Å². The molecule has 143 valence electrons. The first-order valence-corrected chi connectivity index (χ1v) is 9.82. The molecule has 2 nitrogen and oxygen atoms in total. The summed E-state index contributed by atoms with van der Waals surface area (Å²) in [6.07, 6.45) is 10.0. The Morgan fingerprint density at radius 1 is 0.414 bits per heavy atom. The predicted octanol–water partition coefficient (Wildman–Crippen LogP) is 4.39. The van der Waals surface area contributed by atoms with Crippen LogP contribution in [0.4, 0.5) is 0 Å². The van der Waals surface area contributed by atoms with Crippen molar-refractivity contribution < 1.29 is 30.4 Å². The van der Waals surface area contributed by atoms with E-state index in [2.05, 4.69) is 104 Å². The summed E-state index contributed by atoms with van der Waals surface area (Å²) < 4.78 is 15.0. The fourth-order valence-electron chi connectivity index (χ4n) is 2.50. The standard InChI is InChI=1S/C18H15P.C5H5.2CO.W/c1-4-10-16(11-5-1)19(17-12-6-2-7-13-17)18-14-8-3-9-15-18;1-2-4-5-3-1;2*1-2;/h1-15H;1-5H;;;. The van der Waals surface area contributed by atoms with E-state index in [1.54, 1.807) is 0 Å². The number of benzene rings is 3. The fourth-order valence-corrected chi connectivity index (χ4v) is 4.80.